The van der Waals surface area contributed by atoms with Crippen LogP contribution in [-0.4, -0.2) is 33.7 Å². The summed E-state index contributed by atoms with van der Waals surface area (Å²) in [6.07, 6.45) is 7.23. The lowest BCUT2D eigenvalue weighted by molar-refractivity contribution is -0.146. The second-order valence-corrected chi connectivity index (χ2v) is 6.15. The highest BCUT2D eigenvalue weighted by Crippen LogP contribution is 2.27. The molecule has 0 spiro atoms. The van der Waals surface area contributed by atoms with Crippen LogP contribution in [-0.2, 0) is 9.53 Å². The van der Waals surface area contributed by atoms with Crippen molar-refractivity contribution in [1.82, 2.24) is 14.6 Å². The van der Waals surface area contributed by atoms with Crippen LogP contribution in [0.2, 0.25) is 0 Å². The monoisotopic (exact) mass is 352 g/mol. The Morgan fingerprint density at radius 3 is 2.90 bits per heavy atom. The third kappa shape index (κ3) is 3.02. The molecule has 2 heterocycles. The zero-order valence-electron chi connectivity index (χ0n) is 11.8. The van der Waals surface area contributed by atoms with Crippen molar-refractivity contribution >= 4 is 33.4 Å². The number of hydrogen-bond donors (Lipinski definition) is 1. The number of fused-ring (bicyclic) bond motifs is 1. The van der Waals surface area contributed by atoms with Gasteiger partial charge in [-0.2, -0.15) is 0 Å². The number of halogens is 1. The Labute approximate surface area is 131 Å². The van der Waals surface area contributed by atoms with Gasteiger partial charge in [0.25, 0.3) is 0 Å². The maximum absolute atomic E-state index is 11.5. The predicted molar refractivity (Wildman–Crippen MR) is 82.1 cm³/mol. The van der Waals surface area contributed by atoms with Crippen molar-refractivity contribution in [2.75, 3.05) is 12.4 Å². The van der Waals surface area contributed by atoms with Gasteiger partial charge in [0, 0.05) is 16.7 Å². The number of nitrogens with zero attached hydrogens (tertiary/aromatic N) is 3. The molecule has 1 N–H and O–H groups in total. The van der Waals surface area contributed by atoms with Crippen molar-refractivity contribution in [1.29, 1.82) is 0 Å². The van der Waals surface area contributed by atoms with Gasteiger partial charge in [-0.05, 0) is 47.7 Å². The Bertz CT molecular complexity index is 649. The molecule has 7 heteroatoms. The number of anilines is 1. The molecular weight excluding hydrogens is 336 g/mol. The molecule has 3 rings (SSSR count). The van der Waals surface area contributed by atoms with Gasteiger partial charge in [-0.1, -0.05) is 0 Å². The summed E-state index contributed by atoms with van der Waals surface area (Å²) in [5.41, 5.74) is 0.940. The van der Waals surface area contributed by atoms with Crippen molar-refractivity contribution in [3.63, 3.8) is 0 Å². The van der Waals surface area contributed by atoms with E-state index in [2.05, 4.69) is 31.3 Å². The summed E-state index contributed by atoms with van der Waals surface area (Å²) in [4.78, 5) is 15.8. The fraction of sp³-hybridized carbons (Fsp3) is 0.500. The van der Waals surface area contributed by atoms with E-state index >= 15 is 0 Å². The number of rotatable bonds is 3. The van der Waals surface area contributed by atoms with E-state index in [-0.39, 0.29) is 11.9 Å². The van der Waals surface area contributed by atoms with Gasteiger partial charge in [-0.3, -0.25) is 4.79 Å². The van der Waals surface area contributed by atoms with Crippen molar-refractivity contribution in [3.05, 3.63) is 22.9 Å². The molecular formula is C14H17BrN4O2. The highest BCUT2D eigenvalue weighted by Gasteiger charge is 2.27. The minimum absolute atomic E-state index is 0.0388. The molecule has 21 heavy (non-hydrogen) atoms. The standard InChI is InChI=1S/C14H17BrN4O2/c1-21-13(20)9-2-4-10(5-3-9)17-14-16-8-12-11(15)6-7-19(12)18-14/h6-10H,2-5H2,1H3,(H,17,18). The lowest BCUT2D eigenvalue weighted by Crippen LogP contribution is -2.30. The summed E-state index contributed by atoms with van der Waals surface area (Å²) in [6.45, 7) is 0. The van der Waals surface area contributed by atoms with Crippen molar-refractivity contribution in [2.45, 2.75) is 31.7 Å². The van der Waals surface area contributed by atoms with Crippen LogP contribution in [0.15, 0.2) is 22.9 Å². The maximum Gasteiger partial charge on any atom is 0.308 e. The zero-order chi connectivity index (χ0) is 14.8. The molecule has 0 unspecified atom stereocenters. The number of esters is 1. The van der Waals surface area contributed by atoms with Gasteiger partial charge in [0.2, 0.25) is 5.95 Å². The van der Waals surface area contributed by atoms with E-state index < -0.39 is 0 Å². The molecule has 0 radical (unpaired) electrons. The summed E-state index contributed by atoms with van der Waals surface area (Å²) in [7, 11) is 1.45. The summed E-state index contributed by atoms with van der Waals surface area (Å²) in [5.74, 6) is 0.562. The molecule has 0 aliphatic heterocycles. The second kappa shape index (κ2) is 6.01. The average Bonchev–Trinajstić information content (AvgIpc) is 2.88. The van der Waals surface area contributed by atoms with E-state index in [1.54, 1.807) is 10.7 Å². The first-order chi connectivity index (χ1) is 10.2. The number of aromatic nitrogens is 3. The van der Waals surface area contributed by atoms with Gasteiger partial charge in [0.1, 0.15) is 0 Å². The van der Waals surface area contributed by atoms with Gasteiger partial charge in [-0.25, -0.2) is 9.50 Å². The molecule has 0 amide bonds. The van der Waals surface area contributed by atoms with E-state index in [1.165, 1.54) is 7.11 Å². The Hall–Kier alpha value is -1.63. The summed E-state index contributed by atoms with van der Waals surface area (Å²) in [5, 5.41) is 7.78. The van der Waals surface area contributed by atoms with E-state index in [1.807, 2.05) is 12.3 Å². The number of carbonyl (C=O) groups excluding carboxylic acids is 1. The Kier molecular flexibility index (Phi) is 4.10. The predicted octanol–water partition coefficient (Wildman–Crippen LogP) is 2.64. The van der Waals surface area contributed by atoms with Crippen LogP contribution in [0.4, 0.5) is 5.95 Å². The number of methoxy groups -OCH3 is 1. The average molecular weight is 353 g/mol. The van der Waals surface area contributed by atoms with Gasteiger partial charge >= 0.3 is 5.97 Å². The molecule has 1 aliphatic carbocycles. The molecule has 1 saturated carbocycles. The first-order valence-corrected chi connectivity index (χ1v) is 7.81. The van der Waals surface area contributed by atoms with E-state index in [9.17, 15) is 4.79 Å². The molecule has 2 aromatic rings. The number of hydrogen-bond acceptors (Lipinski definition) is 5. The molecule has 0 atom stereocenters. The summed E-state index contributed by atoms with van der Waals surface area (Å²) in [6, 6.07) is 2.25. The molecule has 0 aromatic carbocycles. The van der Waals surface area contributed by atoms with Crippen LogP contribution < -0.4 is 5.32 Å². The molecule has 1 aliphatic rings. The van der Waals surface area contributed by atoms with Crippen molar-refractivity contribution in [3.8, 4) is 0 Å². The first kappa shape index (κ1) is 14.3. The quantitative estimate of drug-likeness (QED) is 0.860. The third-order valence-corrected chi connectivity index (χ3v) is 4.63. The van der Waals surface area contributed by atoms with Crippen LogP contribution in [0.3, 0.4) is 0 Å². The van der Waals surface area contributed by atoms with Gasteiger partial charge in [-0.15, -0.1) is 5.10 Å². The Balaban J connectivity index is 1.62. The fourth-order valence-electron chi connectivity index (χ4n) is 2.76. The number of ether oxygens (including phenoxy) is 1. The van der Waals surface area contributed by atoms with Gasteiger partial charge in [0.15, 0.2) is 0 Å². The minimum atomic E-state index is -0.0942. The highest BCUT2D eigenvalue weighted by molar-refractivity contribution is 9.10. The topological polar surface area (TPSA) is 68.5 Å². The molecule has 2 aromatic heterocycles. The van der Waals surface area contributed by atoms with Crippen molar-refractivity contribution in [2.24, 2.45) is 5.92 Å². The molecule has 6 nitrogen and oxygen atoms in total. The molecule has 112 valence electrons. The van der Waals surface area contributed by atoms with Gasteiger partial charge in [0.05, 0.1) is 24.7 Å². The Morgan fingerprint density at radius 2 is 2.19 bits per heavy atom. The SMILES string of the molecule is COC(=O)C1CCC(Nc2ncc3c(Br)ccn3n2)CC1. The lowest BCUT2D eigenvalue weighted by atomic mass is 9.86. The first-order valence-electron chi connectivity index (χ1n) is 7.01. The number of carbonyl (C=O) groups is 1. The van der Waals surface area contributed by atoms with Crippen LogP contribution in [0, 0.1) is 5.92 Å². The number of nitrogens with one attached hydrogen (secondary N) is 1. The van der Waals surface area contributed by atoms with Gasteiger partial charge < -0.3 is 10.1 Å². The van der Waals surface area contributed by atoms with Crippen LogP contribution in [0.5, 0.6) is 0 Å². The molecule has 0 saturated heterocycles. The van der Waals surface area contributed by atoms with E-state index in [0.29, 0.717) is 12.0 Å². The normalized spacial score (nSPS) is 22.2. The second-order valence-electron chi connectivity index (χ2n) is 5.29. The molecule has 1 fully saturated rings. The summed E-state index contributed by atoms with van der Waals surface area (Å²) < 4.78 is 7.57. The van der Waals surface area contributed by atoms with Crippen molar-refractivity contribution < 1.29 is 9.53 Å². The highest BCUT2D eigenvalue weighted by atomic mass is 79.9. The third-order valence-electron chi connectivity index (χ3n) is 3.96. The fourth-order valence-corrected chi connectivity index (χ4v) is 3.16. The van der Waals surface area contributed by atoms with Crippen LogP contribution in [0.25, 0.3) is 5.52 Å². The minimum Gasteiger partial charge on any atom is -0.469 e. The van der Waals surface area contributed by atoms with E-state index in [0.717, 1.165) is 35.7 Å². The maximum atomic E-state index is 11.5. The lowest BCUT2D eigenvalue weighted by Gasteiger charge is -2.27. The summed E-state index contributed by atoms with van der Waals surface area (Å²) >= 11 is 3.45. The van der Waals surface area contributed by atoms with Crippen LogP contribution >= 0.6 is 15.9 Å². The van der Waals surface area contributed by atoms with Crippen LogP contribution in [0.1, 0.15) is 25.7 Å². The Morgan fingerprint density at radius 1 is 1.43 bits per heavy atom. The smallest absolute Gasteiger partial charge is 0.308 e. The molecule has 0 bridgehead atoms. The van der Waals surface area contributed by atoms with E-state index in [4.69, 9.17) is 4.74 Å². The zero-order valence-corrected chi connectivity index (χ0v) is 13.3. The largest absolute Gasteiger partial charge is 0.469 e.